The van der Waals surface area contributed by atoms with Crippen molar-refractivity contribution >= 4 is 0 Å². The van der Waals surface area contributed by atoms with Crippen LogP contribution in [0.15, 0.2) is 22.6 Å². The number of likely N-dealkylation sites (tertiary alicyclic amines) is 1. The molecule has 25 heavy (non-hydrogen) atoms. The summed E-state index contributed by atoms with van der Waals surface area (Å²) in [5, 5.41) is 18.7. The van der Waals surface area contributed by atoms with E-state index in [1.54, 1.807) is 13.2 Å². The number of nitrogens with zero attached hydrogens (tertiary/aromatic N) is 3. The van der Waals surface area contributed by atoms with E-state index in [2.05, 4.69) is 15.1 Å². The number of hydrogen-bond acceptors (Lipinski definition) is 6. The summed E-state index contributed by atoms with van der Waals surface area (Å²) in [6.07, 6.45) is 6.98. The van der Waals surface area contributed by atoms with Gasteiger partial charge in [-0.3, -0.25) is 4.90 Å². The molecule has 134 valence electrons. The molecule has 2 fully saturated rings. The Morgan fingerprint density at radius 1 is 1.16 bits per heavy atom. The van der Waals surface area contributed by atoms with Crippen LogP contribution in [0.5, 0.6) is 11.5 Å². The molecule has 1 atom stereocenters. The predicted octanol–water partition coefficient (Wildman–Crippen LogP) is 3.78. The Hall–Kier alpha value is -2.08. The maximum Gasteiger partial charge on any atom is 0.233 e. The fraction of sp³-hybridized carbons (Fsp3) is 0.579. The third-order valence-corrected chi connectivity index (χ3v) is 5.44. The SMILES string of the molecule is COc1ccc(CN2CCCC[C@H]2c2nnc(C3CCC3)o2)cc1O. The van der Waals surface area contributed by atoms with E-state index in [0.717, 1.165) is 36.9 Å². The van der Waals surface area contributed by atoms with Crippen molar-refractivity contribution in [1.29, 1.82) is 0 Å². The van der Waals surface area contributed by atoms with Crippen molar-refractivity contribution in [2.24, 2.45) is 0 Å². The van der Waals surface area contributed by atoms with Gasteiger partial charge in [0, 0.05) is 12.5 Å². The lowest BCUT2D eigenvalue weighted by molar-refractivity contribution is 0.115. The molecule has 0 radical (unpaired) electrons. The zero-order valence-electron chi connectivity index (χ0n) is 14.6. The van der Waals surface area contributed by atoms with Crippen molar-refractivity contribution in [3.63, 3.8) is 0 Å². The van der Waals surface area contributed by atoms with Crippen molar-refractivity contribution in [2.75, 3.05) is 13.7 Å². The second-order valence-electron chi connectivity index (χ2n) is 7.09. The maximum atomic E-state index is 10.0. The number of methoxy groups -OCH3 is 1. The van der Waals surface area contributed by atoms with Crippen LogP contribution in [-0.2, 0) is 6.54 Å². The molecular formula is C19H25N3O3. The Labute approximate surface area is 147 Å². The van der Waals surface area contributed by atoms with Crippen molar-refractivity contribution in [1.82, 2.24) is 15.1 Å². The van der Waals surface area contributed by atoms with Gasteiger partial charge in [-0.2, -0.15) is 0 Å². The first-order valence-corrected chi connectivity index (χ1v) is 9.18. The van der Waals surface area contributed by atoms with Gasteiger partial charge < -0.3 is 14.3 Å². The van der Waals surface area contributed by atoms with Gasteiger partial charge in [0.15, 0.2) is 11.5 Å². The molecule has 1 saturated carbocycles. The number of aromatic hydroxyl groups is 1. The van der Waals surface area contributed by atoms with Crippen molar-refractivity contribution in [3.8, 4) is 11.5 Å². The Balaban J connectivity index is 1.50. The summed E-state index contributed by atoms with van der Waals surface area (Å²) >= 11 is 0. The van der Waals surface area contributed by atoms with E-state index >= 15 is 0 Å². The van der Waals surface area contributed by atoms with E-state index in [1.165, 1.54) is 32.1 Å². The fourth-order valence-electron chi connectivity index (χ4n) is 3.73. The quantitative estimate of drug-likeness (QED) is 0.891. The summed E-state index contributed by atoms with van der Waals surface area (Å²) in [7, 11) is 1.56. The van der Waals surface area contributed by atoms with E-state index in [4.69, 9.17) is 9.15 Å². The van der Waals surface area contributed by atoms with Crippen LogP contribution in [0.2, 0.25) is 0 Å². The van der Waals surface area contributed by atoms with Crippen LogP contribution < -0.4 is 4.74 Å². The topological polar surface area (TPSA) is 71.6 Å². The van der Waals surface area contributed by atoms with Crippen LogP contribution >= 0.6 is 0 Å². The van der Waals surface area contributed by atoms with Gasteiger partial charge in [0.05, 0.1) is 13.2 Å². The molecule has 1 N–H and O–H groups in total. The van der Waals surface area contributed by atoms with Crippen molar-refractivity contribution < 1.29 is 14.3 Å². The maximum absolute atomic E-state index is 10.0. The van der Waals surface area contributed by atoms with Gasteiger partial charge in [0.1, 0.15) is 0 Å². The summed E-state index contributed by atoms with van der Waals surface area (Å²) in [4.78, 5) is 2.38. The minimum absolute atomic E-state index is 0.166. The molecule has 0 unspecified atom stereocenters. The monoisotopic (exact) mass is 343 g/mol. The minimum atomic E-state index is 0.166. The fourth-order valence-corrected chi connectivity index (χ4v) is 3.73. The van der Waals surface area contributed by atoms with Gasteiger partial charge >= 0.3 is 0 Å². The van der Waals surface area contributed by atoms with Gasteiger partial charge in [-0.15, -0.1) is 10.2 Å². The molecule has 0 spiro atoms. The first-order chi connectivity index (χ1) is 12.2. The highest BCUT2D eigenvalue weighted by Gasteiger charge is 2.31. The molecule has 2 aromatic rings. The molecule has 1 saturated heterocycles. The summed E-state index contributed by atoms with van der Waals surface area (Å²) in [6.45, 7) is 1.75. The minimum Gasteiger partial charge on any atom is -0.504 e. The Morgan fingerprint density at radius 2 is 2.00 bits per heavy atom. The highest BCUT2D eigenvalue weighted by molar-refractivity contribution is 5.41. The molecule has 0 bridgehead atoms. The smallest absolute Gasteiger partial charge is 0.233 e. The summed E-state index contributed by atoms with van der Waals surface area (Å²) < 4.78 is 11.1. The highest BCUT2D eigenvalue weighted by atomic mass is 16.5. The number of rotatable bonds is 5. The molecule has 2 aliphatic rings. The number of hydrogen-bond donors (Lipinski definition) is 1. The Morgan fingerprint density at radius 3 is 2.72 bits per heavy atom. The number of phenolic OH excluding ortho intramolecular Hbond substituents is 1. The number of benzene rings is 1. The number of phenols is 1. The van der Waals surface area contributed by atoms with Gasteiger partial charge in [-0.25, -0.2) is 0 Å². The van der Waals surface area contributed by atoms with Crippen LogP contribution in [0.4, 0.5) is 0 Å². The first kappa shape index (κ1) is 16.4. The van der Waals surface area contributed by atoms with Crippen LogP contribution in [-0.4, -0.2) is 33.9 Å². The first-order valence-electron chi connectivity index (χ1n) is 9.18. The summed E-state index contributed by atoms with van der Waals surface area (Å²) in [6, 6.07) is 5.75. The molecule has 1 aliphatic heterocycles. The molecule has 0 amide bonds. The zero-order chi connectivity index (χ0) is 17.2. The Bertz CT molecular complexity index is 726. The molecular weight excluding hydrogens is 318 g/mol. The molecule has 6 heteroatoms. The molecule has 4 rings (SSSR count). The average Bonchev–Trinajstić information content (AvgIpc) is 3.03. The Kier molecular flexibility index (Phi) is 4.61. The van der Waals surface area contributed by atoms with E-state index in [1.807, 2.05) is 12.1 Å². The second kappa shape index (κ2) is 7.04. The van der Waals surface area contributed by atoms with Gasteiger partial charge in [0.2, 0.25) is 11.8 Å². The lowest BCUT2D eigenvalue weighted by Crippen LogP contribution is -2.33. The molecule has 1 aliphatic carbocycles. The van der Waals surface area contributed by atoms with Gasteiger partial charge in [-0.1, -0.05) is 18.9 Å². The van der Waals surface area contributed by atoms with Crippen molar-refractivity contribution in [3.05, 3.63) is 35.5 Å². The largest absolute Gasteiger partial charge is 0.504 e. The van der Waals surface area contributed by atoms with Crippen LogP contribution in [0.25, 0.3) is 0 Å². The normalized spacial score (nSPS) is 21.9. The molecule has 1 aromatic carbocycles. The summed E-state index contributed by atoms with van der Waals surface area (Å²) in [5.74, 6) is 2.71. The van der Waals surface area contributed by atoms with Crippen molar-refractivity contribution in [2.45, 2.75) is 57.0 Å². The standard InChI is InChI=1S/C19H25N3O3/c1-24-17-9-8-13(11-16(17)23)12-22-10-3-2-7-15(22)19-21-20-18(25-19)14-5-4-6-14/h8-9,11,14-15,23H,2-7,10,12H2,1H3/t15-/m0/s1. The summed E-state index contributed by atoms with van der Waals surface area (Å²) in [5.41, 5.74) is 1.06. The number of ether oxygens (including phenoxy) is 1. The van der Waals surface area contributed by atoms with Gasteiger partial charge in [-0.05, 0) is 49.9 Å². The number of aromatic nitrogens is 2. The molecule has 1 aromatic heterocycles. The highest BCUT2D eigenvalue weighted by Crippen LogP contribution is 2.38. The van der Waals surface area contributed by atoms with E-state index in [0.29, 0.717) is 11.7 Å². The van der Waals surface area contributed by atoms with Crippen LogP contribution in [0.1, 0.15) is 67.8 Å². The third-order valence-electron chi connectivity index (χ3n) is 5.44. The third kappa shape index (κ3) is 3.35. The van der Waals surface area contributed by atoms with E-state index < -0.39 is 0 Å². The average molecular weight is 343 g/mol. The second-order valence-corrected chi connectivity index (χ2v) is 7.09. The van der Waals surface area contributed by atoms with Crippen LogP contribution in [0, 0.1) is 0 Å². The van der Waals surface area contributed by atoms with E-state index in [-0.39, 0.29) is 11.8 Å². The predicted molar refractivity (Wildman–Crippen MR) is 92.6 cm³/mol. The number of piperidine rings is 1. The van der Waals surface area contributed by atoms with Crippen LogP contribution in [0.3, 0.4) is 0 Å². The van der Waals surface area contributed by atoms with E-state index in [9.17, 15) is 5.11 Å². The molecule has 6 nitrogen and oxygen atoms in total. The zero-order valence-corrected chi connectivity index (χ0v) is 14.6. The molecule has 2 heterocycles. The van der Waals surface area contributed by atoms with Gasteiger partial charge in [0.25, 0.3) is 0 Å². The lowest BCUT2D eigenvalue weighted by atomic mass is 9.85. The lowest BCUT2D eigenvalue weighted by Gasteiger charge is -2.33.